The molecule has 0 atom stereocenters. The molecular formula is C20H17FN2OS. The maximum absolute atomic E-state index is 12.9. The Morgan fingerprint density at radius 1 is 1.16 bits per heavy atom. The zero-order valence-electron chi connectivity index (χ0n) is 13.7. The Balaban J connectivity index is 1.57. The molecule has 5 heteroatoms. The number of rotatable bonds is 5. The molecule has 0 bridgehead atoms. The van der Waals surface area contributed by atoms with Gasteiger partial charge in [0.2, 0.25) is 5.91 Å². The Bertz CT molecular complexity index is 883. The first-order valence-electron chi connectivity index (χ1n) is 7.83. The Morgan fingerprint density at radius 3 is 2.60 bits per heavy atom. The molecule has 1 heterocycles. The maximum atomic E-state index is 12.9. The van der Waals surface area contributed by atoms with Crippen LogP contribution in [0.3, 0.4) is 0 Å². The Hall–Kier alpha value is -2.79. The van der Waals surface area contributed by atoms with Crippen LogP contribution in [0.15, 0.2) is 60.8 Å². The van der Waals surface area contributed by atoms with E-state index in [1.807, 2.05) is 31.2 Å². The van der Waals surface area contributed by atoms with Gasteiger partial charge in [0.15, 0.2) is 5.13 Å². The van der Waals surface area contributed by atoms with E-state index >= 15 is 0 Å². The molecule has 0 aliphatic carbocycles. The van der Waals surface area contributed by atoms with Crippen molar-refractivity contribution < 1.29 is 9.18 Å². The first-order valence-corrected chi connectivity index (χ1v) is 8.65. The van der Waals surface area contributed by atoms with Crippen molar-refractivity contribution in [3.8, 4) is 0 Å². The second-order valence-corrected chi connectivity index (χ2v) is 6.78. The van der Waals surface area contributed by atoms with E-state index in [9.17, 15) is 9.18 Å². The number of carbonyl (C=O) groups is 1. The zero-order chi connectivity index (χ0) is 17.6. The third-order valence-corrected chi connectivity index (χ3v) is 4.49. The van der Waals surface area contributed by atoms with E-state index in [-0.39, 0.29) is 11.7 Å². The van der Waals surface area contributed by atoms with Crippen molar-refractivity contribution in [1.29, 1.82) is 0 Å². The minimum absolute atomic E-state index is 0.219. The lowest BCUT2D eigenvalue weighted by atomic mass is 10.1. The van der Waals surface area contributed by atoms with Gasteiger partial charge < -0.3 is 0 Å². The SMILES string of the molecule is Cc1ccc(/C=C/C(=O)Nc2ncc(Cc3ccc(F)cc3)s2)cc1. The summed E-state index contributed by atoms with van der Waals surface area (Å²) in [5, 5.41) is 3.31. The maximum Gasteiger partial charge on any atom is 0.250 e. The van der Waals surface area contributed by atoms with Crippen LogP contribution in [0.5, 0.6) is 0 Å². The average molecular weight is 352 g/mol. The highest BCUT2D eigenvalue weighted by molar-refractivity contribution is 7.15. The summed E-state index contributed by atoms with van der Waals surface area (Å²) in [6.07, 6.45) is 5.65. The minimum Gasteiger partial charge on any atom is -0.298 e. The molecule has 0 spiro atoms. The second kappa shape index (κ2) is 7.85. The highest BCUT2D eigenvalue weighted by atomic mass is 32.1. The molecule has 3 aromatic rings. The lowest BCUT2D eigenvalue weighted by molar-refractivity contribution is -0.111. The summed E-state index contributed by atoms with van der Waals surface area (Å²) in [6, 6.07) is 14.3. The van der Waals surface area contributed by atoms with E-state index in [4.69, 9.17) is 0 Å². The molecule has 0 aliphatic rings. The number of anilines is 1. The Labute approximate surface area is 149 Å². The fourth-order valence-electron chi connectivity index (χ4n) is 2.25. The lowest BCUT2D eigenvalue weighted by Gasteiger charge is -1.98. The van der Waals surface area contributed by atoms with E-state index in [2.05, 4.69) is 10.3 Å². The van der Waals surface area contributed by atoms with Gasteiger partial charge >= 0.3 is 0 Å². The van der Waals surface area contributed by atoms with E-state index in [0.29, 0.717) is 11.6 Å². The van der Waals surface area contributed by atoms with Crippen molar-refractivity contribution in [3.05, 3.63) is 88.2 Å². The number of hydrogen-bond acceptors (Lipinski definition) is 3. The number of aryl methyl sites for hydroxylation is 1. The molecule has 3 rings (SSSR count). The van der Waals surface area contributed by atoms with E-state index in [1.54, 1.807) is 24.4 Å². The van der Waals surface area contributed by atoms with E-state index in [0.717, 1.165) is 16.0 Å². The molecule has 1 amide bonds. The monoisotopic (exact) mass is 352 g/mol. The van der Waals surface area contributed by atoms with E-state index in [1.165, 1.54) is 35.1 Å². The summed E-state index contributed by atoms with van der Waals surface area (Å²) in [4.78, 5) is 17.2. The smallest absolute Gasteiger partial charge is 0.250 e. The van der Waals surface area contributed by atoms with Crippen molar-refractivity contribution in [2.45, 2.75) is 13.3 Å². The summed E-state index contributed by atoms with van der Waals surface area (Å²) in [5.41, 5.74) is 3.15. The predicted octanol–water partition coefficient (Wildman–Crippen LogP) is 4.83. The largest absolute Gasteiger partial charge is 0.298 e. The summed E-state index contributed by atoms with van der Waals surface area (Å²) < 4.78 is 12.9. The van der Waals surface area contributed by atoms with Crippen molar-refractivity contribution >= 4 is 28.5 Å². The molecule has 126 valence electrons. The molecule has 25 heavy (non-hydrogen) atoms. The lowest BCUT2D eigenvalue weighted by Crippen LogP contribution is -2.07. The number of thiazole rings is 1. The molecule has 1 N–H and O–H groups in total. The van der Waals surface area contributed by atoms with Gasteiger partial charge in [-0.05, 0) is 36.3 Å². The number of carbonyl (C=O) groups excluding carboxylic acids is 1. The zero-order valence-corrected chi connectivity index (χ0v) is 14.5. The number of halogens is 1. The van der Waals surface area contributed by atoms with Crippen molar-refractivity contribution in [2.24, 2.45) is 0 Å². The molecule has 1 aromatic heterocycles. The van der Waals surface area contributed by atoms with E-state index < -0.39 is 0 Å². The number of benzene rings is 2. The van der Waals surface area contributed by atoms with Crippen LogP contribution in [0.4, 0.5) is 9.52 Å². The molecule has 2 aromatic carbocycles. The molecule has 0 radical (unpaired) electrons. The standard InChI is InChI=1S/C20H17FN2OS/c1-14-2-4-15(5-3-14)8-11-19(24)23-20-22-13-18(25-20)12-16-6-9-17(21)10-7-16/h2-11,13H,12H2,1H3,(H,22,23,24)/b11-8+. The van der Waals surface area contributed by atoms with Crippen LogP contribution in [-0.2, 0) is 11.2 Å². The van der Waals surface area contributed by atoms with Gasteiger partial charge in [0, 0.05) is 23.6 Å². The first-order chi connectivity index (χ1) is 12.1. The fraction of sp³-hybridized carbons (Fsp3) is 0.100. The summed E-state index contributed by atoms with van der Waals surface area (Å²) in [5.74, 6) is -0.468. The minimum atomic E-state index is -0.249. The molecular weight excluding hydrogens is 335 g/mol. The topological polar surface area (TPSA) is 42.0 Å². The summed E-state index contributed by atoms with van der Waals surface area (Å²) in [6.45, 7) is 2.02. The van der Waals surface area contributed by atoms with Gasteiger partial charge in [-0.25, -0.2) is 9.37 Å². The molecule has 0 saturated carbocycles. The van der Waals surface area contributed by atoms with Crippen LogP contribution in [0.25, 0.3) is 6.08 Å². The number of amides is 1. The van der Waals surface area contributed by atoms with Gasteiger partial charge in [-0.1, -0.05) is 42.0 Å². The Kier molecular flexibility index (Phi) is 5.36. The number of aromatic nitrogens is 1. The summed E-state index contributed by atoms with van der Waals surface area (Å²) in [7, 11) is 0. The van der Waals surface area contributed by atoms with Gasteiger partial charge in [-0.3, -0.25) is 10.1 Å². The van der Waals surface area contributed by atoms with Crippen LogP contribution < -0.4 is 5.32 Å². The highest BCUT2D eigenvalue weighted by Gasteiger charge is 2.05. The fourth-order valence-corrected chi connectivity index (χ4v) is 3.10. The van der Waals surface area contributed by atoms with Crippen LogP contribution >= 0.6 is 11.3 Å². The normalized spacial score (nSPS) is 11.0. The molecule has 0 unspecified atom stereocenters. The third kappa shape index (κ3) is 5.09. The number of nitrogens with one attached hydrogen (secondary N) is 1. The van der Waals surface area contributed by atoms with Gasteiger partial charge in [0.25, 0.3) is 0 Å². The van der Waals surface area contributed by atoms with Crippen molar-refractivity contribution in [3.63, 3.8) is 0 Å². The Morgan fingerprint density at radius 2 is 1.88 bits per heavy atom. The molecule has 0 fully saturated rings. The van der Waals surface area contributed by atoms with Gasteiger partial charge in [0.1, 0.15) is 5.82 Å². The van der Waals surface area contributed by atoms with Crippen LogP contribution in [-0.4, -0.2) is 10.9 Å². The van der Waals surface area contributed by atoms with Gasteiger partial charge in [-0.15, -0.1) is 11.3 Å². The van der Waals surface area contributed by atoms with Crippen LogP contribution in [0, 0.1) is 12.7 Å². The molecule has 0 saturated heterocycles. The first kappa shape index (κ1) is 17.0. The van der Waals surface area contributed by atoms with Crippen LogP contribution in [0.1, 0.15) is 21.6 Å². The summed E-state index contributed by atoms with van der Waals surface area (Å²) >= 11 is 1.41. The highest BCUT2D eigenvalue weighted by Crippen LogP contribution is 2.21. The predicted molar refractivity (Wildman–Crippen MR) is 100 cm³/mol. The van der Waals surface area contributed by atoms with Gasteiger partial charge in [0.05, 0.1) is 0 Å². The van der Waals surface area contributed by atoms with Crippen LogP contribution in [0.2, 0.25) is 0 Å². The third-order valence-electron chi connectivity index (χ3n) is 3.58. The quantitative estimate of drug-likeness (QED) is 0.668. The molecule has 0 aliphatic heterocycles. The van der Waals surface area contributed by atoms with Crippen molar-refractivity contribution in [1.82, 2.24) is 4.98 Å². The number of nitrogens with zero attached hydrogens (tertiary/aromatic N) is 1. The molecule has 3 nitrogen and oxygen atoms in total. The number of hydrogen-bond donors (Lipinski definition) is 1. The second-order valence-electron chi connectivity index (χ2n) is 5.67. The average Bonchev–Trinajstić information content (AvgIpc) is 3.03. The van der Waals surface area contributed by atoms with Gasteiger partial charge in [-0.2, -0.15) is 0 Å². The van der Waals surface area contributed by atoms with Crippen molar-refractivity contribution in [2.75, 3.05) is 5.32 Å².